The molecule has 3 rings (SSSR count). The number of carbonyl (C=O) groups excluding carboxylic acids is 2. The Kier molecular flexibility index (Phi) is 7.06. The number of hydrogen-bond donors (Lipinski definition) is 1. The molecule has 1 fully saturated rings. The first kappa shape index (κ1) is 19.9. The van der Waals surface area contributed by atoms with Gasteiger partial charge in [0.2, 0.25) is 5.91 Å². The van der Waals surface area contributed by atoms with Gasteiger partial charge in [0.15, 0.2) is 0 Å². The summed E-state index contributed by atoms with van der Waals surface area (Å²) in [4.78, 5) is 29.1. The zero-order valence-corrected chi connectivity index (χ0v) is 16.5. The maximum Gasteiger partial charge on any atom is 0.321 e. The SMILES string of the molecule is CCN(CCc1ccccc1)C(=O)C1CCN(C(=O)Nc2ccccc2)CC1. The predicted molar refractivity (Wildman–Crippen MR) is 112 cm³/mol. The molecule has 1 N–H and O–H groups in total. The summed E-state index contributed by atoms with van der Waals surface area (Å²) in [6, 6.07) is 19.6. The van der Waals surface area contributed by atoms with Crippen molar-refractivity contribution in [2.45, 2.75) is 26.2 Å². The van der Waals surface area contributed by atoms with Crippen LogP contribution in [0.2, 0.25) is 0 Å². The fourth-order valence-electron chi connectivity index (χ4n) is 3.64. The van der Waals surface area contributed by atoms with E-state index in [-0.39, 0.29) is 17.9 Å². The minimum absolute atomic E-state index is 0.0106. The van der Waals surface area contributed by atoms with Crippen LogP contribution >= 0.6 is 0 Å². The summed E-state index contributed by atoms with van der Waals surface area (Å²) in [5.41, 5.74) is 2.05. The summed E-state index contributed by atoms with van der Waals surface area (Å²) in [5.74, 6) is 0.234. The van der Waals surface area contributed by atoms with Crippen LogP contribution in [0.25, 0.3) is 0 Å². The number of benzene rings is 2. The summed E-state index contributed by atoms with van der Waals surface area (Å²) in [6.45, 7) is 4.73. The molecule has 0 atom stereocenters. The highest BCUT2D eigenvalue weighted by Crippen LogP contribution is 2.21. The molecule has 1 saturated heterocycles. The van der Waals surface area contributed by atoms with Crippen LogP contribution in [0, 0.1) is 5.92 Å². The lowest BCUT2D eigenvalue weighted by Gasteiger charge is -2.34. The van der Waals surface area contributed by atoms with Gasteiger partial charge in [-0.2, -0.15) is 0 Å². The molecule has 0 spiro atoms. The first-order chi connectivity index (χ1) is 13.7. The molecule has 148 valence electrons. The molecule has 5 heteroatoms. The zero-order valence-electron chi connectivity index (χ0n) is 16.5. The number of urea groups is 1. The third-order valence-corrected chi connectivity index (χ3v) is 5.36. The summed E-state index contributed by atoms with van der Waals surface area (Å²) < 4.78 is 0. The Morgan fingerprint density at radius 1 is 1.00 bits per heavy atom. The van der Waals surface area contributed by atoms with Gasteiger partial charge in [-0.3, -0.25) is 4.79 Å². The lowest BCUT2D eigenvalue weighted by Crippen LogP contribution is -2.46. The van der Waals surface area contributed by atoms with E-state index in [1.807, 2.05) is 60.4 Å². The van der Waals surface area contributed by atoms with Crippen molar-refractivity contribution in [3.05, 3.63) is 66.2 Å². The molecule has 1 aliphatic heterocycles. The van der Waals surface area contributed by atoms with Gasteiger partial charge >= 0.3 is 6.03 Å². The van der Waals surface area contributed by atoms with Crippen molar-refractivity contribution < 1.29 is 9.59 Å². The standard InChI is InChI=1S/C23H29N3O2/c1-2-25(16-13-19-9-5-3-6-10-19)22(27)20-14-17-26(18-15-20)23(28)24-21-11-7-4-8-12-21/h3-12,20H,2,13-18H2,1H3,(H,24,28). The van der Waals surface area contributed by atoms with Crippen LogP contribution in [0.15, 0.2) is 60.7 Å². The van der Waals surface area contributed by atoms with Crippen molar-refractivity contribution in [2.75, 3.05) is 31.5 Å². The highest BCUT2D eigenvalue weighted by molar-refractivity contribution is 5.89. The van der Waals surface area contributed by atoms with Gasteiger partial charge in [-0.15, -0.1) is 0 Å². The quantitative estimate of drug-likeness (QED) is 0.824. The fourth-order valence-corrected chi connectivity index (χ4v) is 3.64. The second-order valence-corrected chi connectivity index (χ2v) is 7.21. The zero-order chi connectivity index (χ0) is 19.8. The average Bonchev–Trinajstić information content (AvgIpc) is 2.75. The van der Waals surface area contributed by atoms with Crippen LogP contribution in [0.3, 0.4) is 0 Å². The fraction of sp³-hybridized carbons (Fsp3) is 0.391. The minimum atomic E-state index is -0.0893. The lowest BCUT2D eigenvalue weighted by molar-refractivity contribution is -0.136. The van der Waals surface area contributed by atoms with E-state index in [2.05, 4.69) is 17.4 Å². The monoisotopic (exact) mass is 379 g/mol. The summed E-state index contributed by atoms with van der Waals surface area (Å²) in [6.07, 6.45) is 2.32. The van der Waals surface area contributed by atoms with E-state index in [1.54, 1.807) is 4.90 Å². The Balaban J connectivity index is 1.47. The molecule has 1 aliphatic rings. The van der Waals surface area contributed by atoms with Gasteiger partial charge in [0.1, 0.15) is 0 Å². The van der Waals surface area contributed by atoms with E-state index in [0.717, 1.165) is 38.0 Å². The largest absolute Gasteiger partial charge is 0.342 e. The maximum atomic E-state index is 12.9. The smallest absolute Gasteiger partial charge is 0.321 e. The van der Waals surface area contributed by atoms with E-state index in [4.69, 9.17) is 0 Å². The van der Waals surface area contributed by atoms with Crippen molar-refractivity contribution in [1.29, 1.82) is 0 Å². The van der Waals surface area contributed by atoms with Crippen LogP contribution in [-0.4, -0.2) is 47.9 Å². The second-order valence-electron chi connectivity index (χ2n) is 7.21. The van der Waals surface area contributed by atoms with Crippen molar-refractivity contribution in [2.24, 2.45) is 5.92 Å². The van der Waals surface area contributed by atoms with E-state index < -0.39 is 0 Å². The Bertz CT molecular complexity index is 756. The third kappa shape index (κ3) is 5.35. The summed E-state index contributed by atoms with van der Waals surface area (Å²) in [5, 5.41) is 2.92. The number of rotatable bonds is 6. The number of piperidine rings is 1. The Labute approximate surface area is 167 Å². The first-order valence-electron chi connectivity index (χ1n) is 10.1. The number of nitrogens with zero attached hydrogens (tertiary/aromatic N) is 2. The van der Waals surface area contributed by atoms with Crippen LogP contribution in [-0.2, 0) is 11.2 Å². The number of para-hydroxylation sites is 1. The number of nitrogens with one attached hydrogen (secondary N) is 1. The number of likely N-dealkylation sites (tertiary alicyclic amines) is 1. The second kappa shape index (κ2) is 9.93. The van der Waals surface area contributed by atoms with Crippen molar-refractivity contribution in [3.63, 3.8) is 0 Å². The van der Waals surface area contributed by atoms with Gasteiger partial charge in [-0.1, -0.05) is 48.5 Å². The molecule has 0 radical (unpaired) electrons. The molecule has 0 aliphatic carbocycles. The number of carbonyl (C=O) groups is 2. The van der Waals surface area contributed by atoms with E-state index in [9.17, 15) is 9.59 Å². The van der Waals surface area contributed by atoms with E-state index >= 15 is 0 Å². The van der Waals surface area contributed by atoms with Gasteiger partial charge in [-0.05, 0) is 43.9 Å². The average molecular weight is 380 g/mol. The van der Waals surface area contributed by atoms with Crippen LogP contribution in [0.4, 0.5) is 10.5 Å². The molecular weight excluding hydrogens is 350 g/mol. The predicted octanol–water partition coefficient (Wildman–Crippen LogP) is 4.02. The molecule has 5 nitrogen and oxygen atoms in total. The molecule has 3 amide bonds. The first-order valence-corrected chi connectivity index (χ1v) is 10.1. The summed E-state index contributed by atoms with van der Waals surface area (Å²) in [7, 11) is 0. The molecular formula is C23H29N3O2. The molecule has 2 aromatic carbocycles. The molecule has 28 heavy (non-hydrogen) atoms. The van der Waals surface area contributed by atoms with E-state index in [0.29, 0.717) is 13.1 Å². The number of anilines is 1. The van der Waals surface area contributed by atoms with Gasteiger partial charge in [0, 0.05) is 37.8 Å². The highest BCUT2D eigenvalue weighted by Gasteiger charge is 2.29. The van der Waals surface area contributed by atoms with E-state index in [1.165, 1.54) is 5.56 Å². The molecule has 0 aromatic heterocycles. The highest BCUT2D eigenvalue weighted by atomic mass is 16.2. The molecule has 1 heterocycles. The maximum absolute atomic E-state index is 12.9. The topological polar surface area (TPSA) is 52.7 Å². The lowest BCUT2D eigenvalue weighted by atomic mass is 9.95. The van der Waals surface area contributed by atoms with Gasteiger partial charge in [0.25, 0.3) is 0 Å². The molecule has 0 bridgehead atoms. The van der Waals surface area contributed by atoms with Crippen molar-refractivity contribution >= 4 is 17.6 Å². The van der Waals surface area contributed by atoms with Crippen molar-refractivity contribution in [1.82, 2.24) is 9.80 Å². The number of amides is 3. The van der Waals surface area contributed by atoms with Gasteiger partial charge in [0.05, 0.1) is 0 Å². The van der Waals surface area contributed by atoms with Crippen LogP contribution < -0.4 is 5.32 Å². The van der Waals surface area contributed by atoms with Crippen LogP contribution in [0.1, 0.15) is 25.3 Å². The molecule has 0 saturated carbocycles. The van der Waals surface area contributed by atoms with Crippen LogP contribution in [0.5, 0.6) is 0 Å². The van der Waals surface area contributed by atoms with Crippen molar-refractivity contribution in [3.8, 4) is 0 Å². The number of hydrogen-bond acceptors (Lipinski definition) is 2. The Morgan fingerprint density at radius 2 is 1.61 bits per heavy atom. The number of likely N-dealkylation sites (N-methyl/N-ethyl adjacent to an activating group) is 1. The van der Waals surface area contributed by atoms with Gasteiger partial charge in [-0.25, -0.2) is 4.79 Å². The minimum Gasteiger partial charge on any atom is -0.342 e. The Morgan fingerprint density at radius 3 is 2.21 bits per heavy atom. The van der Waals surface area contributed by atoms with Gasteiger partial charge < -0.3 is 15.1 Å². The Hall–Kier alpha value is -2.82. The summed E-state index contributed by atoms with van der Waals surface area (Å²) >= 11 is 0. The normalized spacial score (nSPS) is 14.5. The molecule has 0 unspecified atom stereocenters. The molecule has 2 aromatic rings. The third-order valence-electron chi connectivity index (χ3n) is 5.36.